The Morgan fingerprint density at radius 2 is 0.814 bits per heavy atom. The minimum Gasteiger partial charge on any atom is -0.394 e. The van der Waals surface area contributed by atoms with Crippen LogP contribution in [0.25, 0.3) is 0 Å². The van der Waals surface area contributed by atoms with E-state index in [1.54, 1.807) is 0 Å². The number of rotatable bonds is 10. The number of aliphatic hydroxyl groups excluding tert-OH is 13. The van der Waals surface area contributed by atoms with Crippen molar-refractivity contribution in [3.05, 3.63) is 0 Å². The molecule has 0 unspecified atom stereocenters. The topological polar surface area (TPSA) is 328 Å². The maximum Gasteiger partial charge on any atom is 0.187 e. The summed E-state index contributed by atoms with van der Waals surface area (Å²) >= 11 is 0. The van der Waals surface area contributed by atoms with Gasteiger partial charge in [0.15, 0.2) is 25.2 Å². The zero-order valence-corrected chi connectivity index (χ0v) is 22.5. The molecule has 0 aromatic heterocycles. The quantitative estimate of drug-likeness (QED) is 0.106. The van der Waals surface area contributed by atoms with Gasteiger partial charge in [-0.3, -0.25) is 0 Å². The van der Waals surface area contributed by atoms with Crippen LogP contribution in [-0.4, -0.2) is 210 Å². The van der Waals surface area contributed by atoms with Crippen LogP contribution < -0.4 is 0 Å². The Labute approximate surface area is 243 Å². The van der Waals surface area contributed by atoms with Gasteiger partial charge in [-0.25, -0.2) is 0 Å². The Morgan fingerprint density at radius 3 is 1.35 bits per heavy atom. The summed E-state index contributed by atoms with van der Waals surface area (Å²) in [7, 11) is 0. The fourth-order valence-electron chi connectivity index (χ4n) is 5.24. The Balaban J connectivity index is 1.41. The molecular weight excluding hydrogens is 596 g/mol. The lowest BCUT2D eigenvalue weighted by molar-refractivity contribution is -0.378. The lowest BCUT2D eigenvalue weighted by atomic mass is 9.96. The molecule has 0 radical (unpaired) electrons. The molecule has 20 heteroatoms. The van der Waals surface area contributed by atoms with Crippen molar-refractivity contribution in [2.75, 3.05) is 26.4 Å². The van der Waals surface area contributed by atoms with Crippen LogP contribution in [0.5, 0.6) is 0 Å². The van der Waals surface area contributed by atoms with Crippen molar-refractivity contribution in [2.45, 2.75) is 117 Å². The van der Waals surface area contributed by atoms with E-state index in [1.807, 2.05) is 0 Å². The molecule has 0 bridgehead atoms. The van der Waals surface area contributed by atoms with Gasteiger partial charge in [0.1, 0.15) is 91.6 Å². The van der Waals surface area contributed by atoms with E-state index in [0.29, 0.717) is 0 Å². The van der Waals surface area contributed by atoms with E-state index in [-0.39, 0.29) is 0 Å². The largest absolute Gasteiger partial charge is 0.394 e. The second-order valence-electron chi connectivity index (χ2n) is 10.7. The van der Waals surface area contributed by atoms with E-state index in [9.17, 15) is 66.4 Å². The van der Waals surface area contributed by atoms with Crippen LogP contribution in [-0.2, 0) is 33.2 Å². The molecule has 4 saturated heterocycles. The van der Waals surface area contributed by atoms with E-state index < -0.39 is 143 Å². The first kappa shape index (κ1) is 35.1. The van der Waals surface area contributed by atoms with E-state index in [4.69, 9.17) is 33.2 Å². The SMILES string of the molecule is OC[C@@H]1O[C@@H](OC[C@H]2O[C@H](O[C@H]3[C@H](O)[C@@H](O)[C@@H](O[C@H]4[C@H](O)[C@@H](O)[C@H](O)O[C@@H]4CO)O[C@@H]3CO)[C@H](O)[C@@H](O)[C@@H]2O)[C@H](O)[C@H]1O. The van der Waals surface area contributed by atoms with Crippen LogP contribution in [0.1, 0.15) is 0 Å². The number of hydrogen-bond donors (Lipinski definition) is 13. The van der Waals surface area contributed by atoms with Gasteiger partial charge < -0.3 is 99.5 Å². The van der Waals surface area contributed by atoms with Crippen LogP contribution >= 0.6 is 0 Å². The van der Waals surface area contributed by atoms with Crippen molar-refractivity contribution in [3.63, 3.8) is 0 Å². The van der Waals surface area contributed by atoms with Crippen molar-refractivity contribution in [3.8, 4) is 0 Å². The molecule has 0 aliphatic carbocycles. The number of ether oxygens (including phenoxy) is 7. The zero-order chi connectivity index (χ0) is 31.7. The fraction of sp³-hybridized carbons (Fsp3) is 1.00. The van der Waals surface area contributed by atoms with Gasteiger partial charge in [-0.05, 0) is 0 Å². The first-order chi connectivity index (χ1) is 20.3. The first-order valence-electron chi connectivity index (χ1n) is 13.5. The van der Waals surface area contributed by atoms with Crippen molar-refractivity contribution in [1.82, 2.24) is 0 Å². The monoisotopic (exact) mass is 636 g/mol. The molecule has 0 aromatic rings. The molecule has 4 rings (SSSR count). The molecule has 4 aliphatic heterocycles. The molecule has 0 aromatic carbocycles. The summed E-state index contributed by atoms with van der Waals surface area (Å²) in [6.07, 6.45) is -32.0. The van der Waals surface area contributed by atoms with Gasteiger partial charge in [-0.2, -0.15) is 0 Å². The highest BCUT2D eigenvalue weighted by molar-refractivity contribution is 4.96. The number of hydrogen-bond acceptors (Lipinski definition) is 20. The Hall–Kier alpha value is -0.800. The van der Waals surface area contributed by atoms with Crippen molar-refractivity contribution >= 4 is 0 Å². The van der Waals surface area contributed by atoms with E-state index >= 15 is 0 Å². The fourth-order valence-corrected chi connectivity index (χ4v) is 5.24. The third-order valence-corrected chi connectivity index (χ3v) is 7.83. The summed E-state index contributed by atoms with van der Waals surface area (Å²) in [6.45, 7) is -2.90. The molecule has 19 atom stereocenters. The zero-order valence-electron chi connectivity index (χ0n) is 22.5. The van der Waals surface area contributed by atoms with E-state index in [2.05, 4.69) is 0 Å². The van der Waals surface area contributed by atoms with Crippen LogP contribution in [0.15, 0.2) is 0 Å². The summed E-state index contributed by atoms with van der Waals surface area (Å²) in [5.41, 5.74) is 0. The second kappa shape index (κ2) is 14.7. The molecule has 0 spiro atoms. The summed E-state index contributed by atoms with van der Waals surface area (Å²) in [4.78, 5) is 0. The molecule has 4 aliphatic rings. The van der Waals surface area contributed by atoms with Crippen LogP contribution in [0, 0.1) is 0 Å². The smallest absolute Gasteiger partial charge is 0.187 e. The van der Waals surface area contributed by atoms with Gasteiger partial charge in [0.05, 0.1) is 26.4 Å². The van der Waals surface area contributed by atoms with E-state index in [0.717, 1.165) is 0 Å². The predicted molar refractivity (Wildman–Crippen MR) is 128 cm³/mol. The van der Waals surface area contributed by atoms with Gasteiger partial charge in [0.2, 0.25) is 0 Å². The molecule has 4 heterocycles. The average Bonchev–Trinajstić information content (AvgIpc) is 3.27. The molecule has 0 amide bonds. The third kappa shape index (κ3) is 7.13. The van der Waals surface area contributed by atoms with Gasteiger partial charge in [-0.15, -0.1) is 0 Å². The lowest BCUT2D eigenvalue weighted by Gasteiger charge is -2.47. The van der Waals surface area contributed by atoms with Gasteiger partial charge in [-0.1, -0.05) is 0 Å². The molecule has 0 saturated carbocycles. The Kier molecular flexibility index (Phi) is 12.0. The highest BCUT2D eigenvalue weighted by Crippen LogP contribution is 2.32. The Morgan fingerprint density at radius 1 is 0.395 bits per heavy atom. The van der Waals surface area contributed by atoms with Crippen LogP contribution in [0.3, 0.4) is 0 Å². The van der Waals surface area contributed by atoms with Crippen molar-refractivity contribution in [2.24, 2.45) is 0 Å². The lowest BCUT2D eigenvalue weighted by Crippen LogP contribution is -2.66. The minimum atomic E-state index is -1.98. The highest BCUT2D eigenvalue weighted by Gasteiger charge is 2.53. The molecule has 13 N–H and O–H groups in total. The van der Waals surface area contributed by atoms with Crippen LogP contribution in [0.4, 0.5) is 0 Å². The van der Waals surface area contributed by atoms with Gasteiger partial charge in [0.25, 0.3) is 0 Å². The summed E-state index contributed by atoms with van der Waals surface area (Å²) in [6, 6.07) is 0. The molecule has 43 heavy (non-hydrogen) atoms. The standard InChI is InChI=1S/C23H40O20/c24-1-5-9(27)15(33)21(39-5)37-4-8-10(28)11(29)16(34)22(41-8)43-19-7(3-26)40-23(17(35)13(19)31)42-18-6(2-25)38-20(36)14(32)12(18)30/h5-36H,1-4H2/t5-,6+,7+,8+,9-,10+,11-,12+,13+,14+,15+,16+,17+,18+,19+,20+,21+,22+,23+/m0/s1. The number of aliphatic hydroxyl groups is 13. The summed E-state index contributed by atoms with van der Waals surface area (Å²) in [5, 5.41) is 131. The summed E-state index contributed by atoms with van der Waals surface area (Å²) in [5.74, 6) is 0. The predicted octanol–water partition coefficient (Wildman–Crippen LogP) is -9.11. The molecule has 252 valence electrons. The highest BCUT2D eigenvalue weighted by atomic mass is 16.8. The minimum absolute atomic E-state index is 0.596. The average molecular weight is 637 g/mol. The van der Waals surface area contributed by atoms with Crippen LogP contribution in [0.2, 0.25) is 0 Å². The molecule has 4 fully saturated rings. The van der Waals surface area contributed by atoms with Gasteiger partial charge in [0, 0.05) is 0 Å². The Bertz CT molecular complexity index is 867. The maximum atomic E-state index is 10.8. The molecule has 20 nitrogen and oxygen atoms in total. The van der Waals surface area contributed by atoms with E-state index in [1.165, 1.54) is 0 Å². The van der Waals surface area contributed by atoms with Gasteiger partial charge >= 0.3 is 0 Å². The summed E-state index contributed by atoms with van der Waals surface area (Å²) < 4.78 is 37.5. The molecular formula is C23H40O20. The second-order valence-corrected chi connectivity index (χ2v) is 10.7. The van der Waals surface area contributed by atoms with Crippen molar-refractivity contribution in [1.29, 1.82) is 0 Å². The normalized spacial score (nSPS) is 52.8. The third-order valence-electron chi connectivity index (χ3n) is 7.83. The first-order valence-corrected chi connectivity index (χ1v) is 13.5. The maximum absolute atomic E-state index is 10.8. The van der Waals surface area contributed by atoms with Crippen molar-refractivity contribution < 1.29 is 99.5 Å².